The normalized spacial score (nSPS) is 19.5. The SMILES string of the molecule is COC(=O)[C@]1(OC(=O)/C=C(O)/C(C)=C/[C@@H](C)C[C@H](C)[C@@H](/C=C(Br)/C=C/C(C)=C/CO)O[Si](c2ccccc2)(c2ccccc2)C(C)(C)C)CC(C)C(CO[Si](c2ccccc2)(c2ccccc2)C(C)(C)C)=C[C@H]1/C=C(\C)CO[Si](C)(C)C(C)(C)C. The van der Waals surface area contributed by atoms with Crippen molar-refractivity contribution in [1.29, 1.82) is 0 Å². The molecule has 0 saturated heterocycles. The zero-order chi connectivity index (χ0) is 63.2. The van der Waals surface area contributed by atoms with Gasteiger partial charge in [-0.15, -0.1) is 0 Å². The Morgan fingerprint density at radius 1 is 0.718 bits per heavy atom. The van der Waals surface area contributed by atoms with Crippen LogP contribution in [0, 0.1) is 23.7 Å². The second kappa shape index (κ2) is 30.1. The monoisotopic (exact) mass is 1270 g/mol. The molecule has 0 radical (unpaired) electrons. The highest BCUT2D eigenvalue weighted by molar-refractivity contribution is 9.11. The van der Waals surface area contributed by atoms with E-state index in [0.717, 1.165) is 37.7 Å². The van der Waals surface area contributed by atoms with Gasteiger partial charge in [0.05, 0.1) is 39.1 Å². The number of hydrogen-bond donors (Lipinski definition) is 2. The fourth-order valence-electron chi connectivity index (χ4n) is 11.6. The molecule has 13 heteroatoms. The average Bonchev–Trinajstić information content (AvgIpc) is 1.47. The van der Waals surface area contributed by atoms with Gasteiger partial charge in [0.1, 0.15) is 5.76 Å². The number of ether oxygens (including phenoxy) is 2. The molecule has 0 amide bonds. The number of hydrogen-bond acceptors (Lipinski definition) is 9. The van der Waals surface area contributed by atoms with Crippen LogP contribution in [0.5, 0.6) is 0 Å². The lowest BCUT2D eigenvalue weighted by Gasteiger charge is -2.46. The zero-order valence-electron chi connectivity index (χ0n) is 54.2. The van der Waals surface area contributed by atoms with Gasteiger partial charge in [-0.1, -0.05) is 262 Å². The van der Waals surface area contributed by atoms with Gasteiger partial charge in [0.2, 0.25) is 5.60 Å². The zero-order valence-corrected chi connectivity index (χ0v) is 58.8. The molecular weight excluding hydrogens is 1170 g/mol. The van der Waals surface area contributed by atoms with Gasteiger partial charge >= 0.3 is 11.9 Å². The third-order valence-corrected chi connectivity index (χ3v) is 32.3. The Labute approximate surface area is 522 Å². The molecule has 0 spiro atoms. The summed E-state index contributed by atoms with van der Waals surface area (Å²) in [6.45, 7) is 37.2. The Balaban J connectivity index is 1.53. The van der Waals surface area contributed by atoms with E-state index in [4.69, 9.17) is 22.8 Å². The number of aliphatic hydroxyl groups is 2. The van der Waals surface area contributed by atoms with Crippen molar-refractivity contribution in [3.63, 3.8) is 0 Å². The van der Waals surface area contributed by atoms with E-state index < -0.39 is 48.4 Å². The molecule has 1 aliphatic carbocycles. The first-order chi connectivity index (χ1) is 39.8. The summed E-state index contributed by atoms with van der Waals surface area (Å²) < 4.78 is 34.9. The van der Waals surface area contributed by atoms with E-state index in [9.17, 15) is 19.8 Å². The highest BCUT2D eigenvalue weighted by atomic mass is 79.9. The van der Waals surface area contributed by atoms with Crippen molar-refractivity contribution < 1.29 is 42.6 Å². The highest BCUT2D eigenvalue weighted by Crippen LogP contribution is 2.45. The number of carbonyl (C=O) groups is 2. The van der Waals surface area contributed by atoms with E-state index in [1.165, 1.54) is 17.5 Å². The lowest BCUT2D eigenvalue weighted by molar-refractivity contribution is -0.184. The van der Waals surface area contributed by atoms with Crippen LogP contribution >= 0.6 is 15.9 Å². The van der Waals surface area contributed by atoms with Crippen molar-refractivity contribution in [2.45, 2.75) is 157 Å². The van der Waals surface area contributed by atoms with Gasteiger partial charge in [0, 0.05) is 16.8 Å². The van der Waals surface area contributed by atoms with Crippen molar-refractivity contribution >= 4 is 73.6 Å². The largest absolute Gasteiger partial charge is 0.507 e. The van der Waals surface area contributed by atoms with Crippen LogP contribution in [-0.2, 0) is 32.3 Å². The number of carbonyl (C=O) groups excluding carboxylic acids is 2. The first-order valence-electron chi connectivity index (χ1n) is 30.1. The number of benzene rings is 4. The topological polar surface area (TPSA) is 121 Å². The Bertz CT molecular complexity index is 2970. The molecule has 4 aromatic carbocycles. The molecule has 1 unspecified atom stereocenters. The second-order valence-corrected chi connectivity index (χ2v) is 41.3. The lowest BCUT2D eigenvalue weighted by atomic mass is 9.71. The van der Waals surface area contributed by atoms with Crippen molar-refractivity contribution in [1.82, 2.24) is 0 Å². The first-order valence-corrected chi connectivity index (χ1v) is 37.6. The molecule has 460 valence electrons. The summed E-state index contributed by atoms with van der Waals surface area (Å²) >= 11 is 3.86. The Kier molecular flexibility index (Phi) is 25.0. The number of allylic oxidation sites excluding steroid dienone is 6. The van der Waals surface area contributed by atoms with Gasteiger partial charge in [-0.3, -0.25) is 0 Å². The molecule has 0 bridgehead atoms. The molecule has 9 nitrogen and oxygen atoms in total. The van der Waals surface area contributed by atoms with Gasteiger partial charge in [-0.2, -0.15) is 0 Å². The fraction of sp³-hybridized carbons (Fsp3) is 0.444. The van der Waals surface area contributed by atoms with E-state index in [-0.39, 0.29) is 64.4 Å². The van der Waals surface area contributed by atoms with E-state index >= 15 is 0 Å². The molecule has 0 aliphatic heterocycles. The first kappa shape index (κ1) is 70.5. The summed E-state index contributed by atoms with van der Waals surface area (Å²) in [7, 11) is -6.89. The summed E-state index contributed by atoms with van der Waals surface area (Å²) in [5, 5.41) is 25.4. The number of rotatable bonds is 25. The molecule has 0 heterocycles. The average molecular weight is 1270 g/mol. The summed E-state index contributed by atoms with van der Waals surface area (Å²) in [5.41, 5.74) is 1.47. The van der Waals surface area contributed by atoms with E-state index in [2.05, 4.69) is 208 Å². The van der Waals surface area contributed by atoms with Crippen LogP contribution in [0.25, 0.3) is 0 Å². The van der Waals surface area contributed by atoms with Crippen molar-refractivity contribution in [2.24, 2.45) is 23.7 Å². The molecule has 85 heavy (non-hydrogen) atoms. The lowest BCUT2D eigenvalue weighted by Crippen LogP contribution is -2.68. The van der Waals surface area contributed by atoms with Crippen LogP contribution in [0.3, 0.4) is 0 Å². The van der Waals surface area contributed by atoms with Crippen LogP contribution in [0.1, 0.15) is 117 Å². The number of esters is 2. The molecule has 5 rings (SSSR count). The molecular formula is C72H99BrO9Si3. The number of aliphatic hydroxyl groups excluding tert-OH is 2. The Morgan fingerprint density at radius 2 is 1.20 bits per heavy atom. The van der Waals surface area contributed by atoms with Gasteiger partial charge < -0.3 is 33.0 Å². The maximum atomic E-state index is 14.6. The van der Waals surface area contributed by atoms with Crippen molar-refractivity contribution in [3.8, 4) is 0 Å². The predicted octanol–water partition coefficient (Wildman–Crippen LogP) is 15.3. The molecule has 6 atom stereocenters. The maximum absolute atomic E-state index is 14.6. The summed E-state index contributed by atoms with van der Waals surface area (Å²) in [5.74, 6) is -3.04. The minimum Gasteiger partial charge on any atom is -0.507 e. The minimum absolute atomic E-state index is 0.0328. The van der Waals surface area contributed by atoms with Crippen LogP contribution in [0.15, 0.2) is 202 Å². The summed E-state index contributed by atoms with van der Waals surface area (Å²) in [6, 6.07) is 42.2. The number of methoxy groups -OCH3 is 1. The minimum atomic E-state index is -3.04. The van der Waals surface area contributed by atoms with Crippen molar-refractivity contribution in [2.75, 3.05) is 26.9 Å². The van der Waals surface area contributed by atoms with Gasteiger partial charge in [0.25, 0.3) is 16.6 Å². The van der Waals surface area contributed by atoms with E-state index in [0.29, 0.717) is 18.6 Å². The van der Waals surface area contributed by atoms with Crippen LogP contribution in [0.4, 0.5) is 0 Å². The third kappa shape index (κ3) is 17.5. The predicted molar refractivity (Wildman–Crippen MR) is 364 cm³/mol. The quantitative estimate of drug-likeness (QED) is 0.0167. The van der Waals surface area contributed by atoms with Crippen LogP contribution in [0.2, 0.25) is 28.2 Å². The number of halogens is 1. The fourth-order valence-corrected chi connectivity index (χ4v) is 22.2. The van der Waals surface area contributed by atoms with Crippen molar-refractivity contribution in [3.05, 3.63) is 202 Å². The van der Waals surface area contributed by atoms with Crippen LogP contribution < -0.4 is 20.7 Å². The molecule has 0 saturated carbocycles. The molecule has 0 aromatic heterocycles. The summed E-state index contributed by atoms with van der Waals surface area (Å²) in [6.07, 6.45) is 15.3. The summed E-state index contributed by atoms with van der Waals surface area (Å²) in [4.78, 5) is 29.1. The highest BCUT2D eigenvalue weighted by Gasteiger charge is 2.55. The molecule has 1 aliphatic rings. The van der Waals surface area contributed by atoms with Crippen LogP contribution in [-0.4, -0.2) is 85.7 Å². The standard InChI is InChI=1S/C72H99BrO9Si3/c1-52(41-42-74)39-40-60(73)47-66(82-85(71(13,14)15,63-35-27-21-28-36-63)64-37-29-22-30-38-64)56(5)44-53(2)43-55(4)65(75)48-67(76)81-72(68(77)78-16)49-57(6)58(46-59(72)45-54(3)50-79-83(17,18)69(7,8)9)51-80-84(70(10,11)12,61-31-23-19-24-32-61)62-33-25-20-26-34-62/h19-41,43,45-48,53,56-57,59,66,74-75H,42,44,49-51H2,1-18H3/b40-39+,52-41+,54-45+,55-43+,60-47-,65-48-/t53-,56+,57?,59-,66-,72+/m1/s1. The maximum Gasteiger partial charge on any atom is 0.351 e. The molecule has 2 N–H and O–H groups in total. The van der Waals surface area contributed by atoms with Gasteiger partial charge in [-0.25, -0.2) is 9.59 Å². The van der Waals surface area contributed by atoms with E-state index in [1.807, 2.05) is 75.4 Å². The Hall–Kier alpha value is -5.23. The smallest absolute Gasteiger partial charge is 0.351 e. The van der Waals surface area contributed by atoms with E-state index in [1.54, 1.807) is 13.0 Å². The molecule has 0 fully saturated rings. The van der Waals surface area contributed by atoms with Gasteiger partial charge in [0.15, 0.2) is 8.32 Å². The third-order valence-electron chi connectivity index (χ3n) is 17.3. The molecule has 4 aromatic rings. The van der Waals surface area contributed by atoms with Gasteiger partial charge in [-0.05, 0) is 117 Å². The second-order valence-electron chi connectivity index (χ2n) is 27.0. The Morgan fingerprint density at radius 3 is 1.65 bits per heavy atom.